The molecule has 0 aliphatic heterocycles. The molecule has 24 heavy (non-hydrogen) atoms. The number of thiophene rings is 2. The highest BCUT2D eigenvalue weighted by atomic mass is 35.5. The zero-order valence-electron chi connectivity index (χ0n) is 12.3. The van der Waals surface area contributed by atoms with Gasteiger partial charge in [0, 0.05) is 22.0 Å². The molecule has 2 heterocycles. The molecule has 3 rings (SSSR count). The lowest BCUT2D eigenvalue weighted by molar-refractivity contribution is 0.0903. The van der Waals surface area contributed by atoms with Gasteiger partial charge in [-0.05, 0) is 46.5 Å². The lowest BCUT2D eigenvalue weighted by Gasteiger charge is -2.26. The second kappa shape index (κ2) is 6.95. The fraction of sp³-hybridized carbons (Fsp3) is 0.125. The molecule has 0 aliphatic rings. The Hall–Kier alpha value is -1.22. The highest BCUT2D eigenvalue weighted by molar-refractivity contribution is 7.89. The second-order valence-corrected chi connectivity index (χ2v) is 9.06. The van der Waals surface area contributed by atoms with Gasteiger partial charge in [0.1, 0.15) is 5.60 Å². The molecule has 3 aromatic rings. The Balaban J connectivity index is 1.90. The largest absolute Gasteiger partial charge is 0.378 e. The van der Waals surface area contributed by atoms with Gasteiger partial charge in [0.15, 0.2) is 0 Å². The number of halogens is 1. The third-order valence-electron chi connectivity index (χ3n) is 3.55. The van der Waals surface area contributed by atoms with E-state index in [0.717, 1.165) is 0 Å². The van der Waals surface area contributed by atoms with Crippen LogP contribution in [0.2, 0.25) is 5.02 Å². The minimum Gasteiger partial charge on any atom is -0.378 e. The van der Waals surface area contributed by atoms with Gasteiger partial charge < -0.3 is 5.11 Å². The SMILES string of the molecule is O=S(=O)(NCC(O)(c1ccsc1)c1cccs1)c1cccc(Cl)c1. The van der Waals surface area contributed by atoms with Crippen LogP contribution in [0.25, 0.3) is 0 Å². The minimum atomic E-state index is -3.78. The van der Waals surface area contributed by atoms with Crippen molar-refractivity contribution in [3.05, 3.63) is 74.1 Å². The molecule has 126 valence electrons. The van der Waals surface area contributed by atoms with E-state index in [1.54, 1.807) is 24.3 Å². The van der Waals surface area contributed by atoms with Crippen LogP contribution in [-0.2, 0) is 15.6 Å². The zero-order chi connectivity index (χ0) is 17.2. The van der Waals surface area contributed by atoms with E-state index in [1.165, 1.54) is 34.8 Å². The molecule has 0 radical (unpaired) electrons. The van der Waals surface area contributed by atoms with E-state index in [9.17, 15) is 13.5 Å². The van der Waals surface area contributed by atoms with Crippen molar-refractivity contribution in [3.63, 3.8) is 0 Å². The first-order valence-electron chi connectivity index (χ1n) is 6.96. The Morgan fingerprint density at radius 3 is 2.62 bits per heavy atom. The van der Waals surface area contributed by atoms with Crippen LogP contribution in [0.3, 0.4) is 0 Å². The van der Waals surface area contributed by atoms with Crippen LogP contribution in [0.5, 0.6) is 0 Å². The maximum atomic E-state index is 12.5. The summed E-state index contributed by atoms with van der Waals surface area (Å²) in [6.45, 7) is -0.168. The zero-order valence-corrected chi connectivity index (χ0v) is 15.6. The van der Waals surface area contributed by atoms with Gasteiger partial charge in [-0.15, -0.1) is 11.3 Å². The van der Waals surface area contributed by atoms with E-state index in [0.29, 0.717) is 15.5 Å². The van der Waals surface area contributed by atoms with Crippen molar-refractivity contribution in [2.75, 3.05) is 6.54 Å². The fourth-order valence-corrected chi connectivity index (χ4v) is 5.19. The Morgan fingerprint density at radius 2 is 2.00 bits per heavy atom. The third kappa shape index (κ3) is 3.56. The summed E-state index contributed by atoms with van der Waals surface area (Å²) in [6, 6.07) is 11.4. The average molecular weight is 400 g/mol. The monoisotopic (exact) mass is 399 g/mol. The van der Waals surface area contributed by atoms with Crippen molar-refractivity contribution < 1.29 is 13.5 Å². The van der Waals surface area contributed by atoms with E-state index in [1.807, 2.05) is 22.2 Å². The van der Waals surface area contributed by atoms with Crippen molar-refractivity contribution in [2.45, 2.75) is 10.5 Å². The first-order chi connectivity index (χ1) is 11.4. The van der Waals surface area contributed by atoms with Gasteiger partial charge in [-0.25, -0.2) is 13.1 Å². The molecule has 0 aliphatic carbocycles. The average Bonchev–Trinajstić information content (AvgIpc) is 3.26. The summed E-state index contributed by atoms with van der Waals surface area (Å²) >= 11 is 8.69. The maximum Gasteiger partial charge on any atom is 0.240 e. The fourth-order valence-electron chi connectivity index (χ4n) is 2.26. The first kappa shape index (κ1) is 17.6. The Bertz CT molecular complexity index is 872. The van der Waals surface area contributed by atoms with Crippen LogP contribution >= 0.6 is 34.3 Å². The van der Waals surface area contributed by atoms with Gasteiger partial charge in [-0.2, -0.15) is 11.3 Å². The number of rotatable bonds is 6. The molecule has 0 saturated heterocycles. The van der Waals surface area contributed by atoms with Crippen LogP contribution in [0.15, 0.2) is 63.5 Å². The molecule has 1 atom stereocenters. The number of hydrogen-bond acceptors (Lipinski definition) is 5. The summed E-state index contributed by atoms with van der Waals surface area (Å²) in [7, 11) is -3.78. The normalized spacial score (nSPS) is 14.4. The first-order valence-corrected chi connectivity index (χ1v) is 10.6. The predicted octanol–water partition coefficient (Wildman–Crippen LogP) is 3.68. The molecule has 4 nitrogen and oxygen atoms in total. The van der Waals surface area contributed by atoms with E-state index in [-0.39, 0.29) is 11.4 Å². The van der Waals surface area contributed by atoms with Crippen LogP contribution < -0.4 is 4.72 Å². The van der Waals surface area contributed by atoms with E-state index in [2.05, 4.69) is 4.72 Å². The van der Waals surface area contributed by atoms with Gasteiger partial charge in [0.2, 0.25) is 10.0 Å². The van der Waals surface area contributed by atoms with Crippen LogP contribution in [0.1, 0.15) is 10.4 Å². The number of sulfonamides is 1. The van der Waals surface area contributed by atoms with Gasteiger partial charge in [0.25, 0.3) is 0 Å². The van der Waals surface area contributed by atoms with E-state index in [4.69, 9.17) is 11.6 Å². The summed E-state index contributed by atoms with van der Waals surface area (Å²) in [4.78, 5) is 0.739. The Labute approximate surface area is 153 Å². The van der Waals surface area contributed by atoms with Gasteiger partial charge >= 0.3 is 0 Å². The quantitative estimate of drug-likeness (QED) is 0.664. The molecule has 0 saturated carbocycles. The summed E-state index contributed by atoms with van der Waals surface area (Å²) in [6.07, 6.45) is 0. The highest BCUT2D eigenvalue weighted by Crippen LogP contribution is 2.34. The molecule has 2 N–H and O–H groups in total. The summed E-state index contributed by atoms with van der Waals surface area (Å²) in [5.74, 6) is 0. The lowest BCUT2D eigenvalue weighted by Crippen LogP contribution is -2.40. The van der Waals surface area contributed by atoms with E-state index < -0.39 is 15.6 Å². The smallest absolute Gasteiger partial charge is 0.240 e. The molecule has 2 aromatic heterocycles. The lowest BCUT2D eigenvalue weighted by atomic mass is 9.95. The van der Waals surface area contributed by atoms with Gasteiger partial charge in [-0.3, -0.25) is 0 Å². The Morgan fingerprint density at radius 1 is 1.17 bits per heavy atom. The predicted molar refractivity (Wildman–Crippen MR) is 98.3 cm³/mol. The number of benzene rings is 1. The molecule has 8 heteroatoms. The number of aliphatic hydroxyl groups is 1. The molecular weight excluding hydrogens is 386 g/mol. The topological polar surface area (TPSA) is 66.4 Å². The Kier molecular flexibility index (Phi) is 5.10. The van der Waals surface area contributed by atoms with Gasteiger partial charge in [0.05, 0.1) is 4.90 Å². The van der Waals surface area contributed by atoms with Crippen molar-refractivity contribution in [2.24, 2.45) is 0 Å². The molecule has 0 bridgehead atoms. The van der Waals surface area contributed by atoms with Crippen molar-refractivity contribution >= 4 is 44.3 Å². The summed E-state index contributed by atoms with van der Waals surface area (Å²) < 4.78 is 27.5. The maximum absolute atomic E-state index is 12.5. The second-order valence-electron chi connectivity index (χ2n) is 5.13. The molecular formula is C16H14ClNO3S3. The summed E-state index contributed by atoms with van der Waals surface area (Å²) in [5, 5.41) is 17.0. The molecule has 0 spiro atoms. The summed E-state index contributed by atoms with van der Waals surface area (Å²) in [5.41, 5.74) is -0.761. The van der Waals surface area contributed by atoms with Gasteiger partial charge in [-0.1, -0.05) is 23.7 Å². The molecule has 0 amide bonds. The van der Waals surface area contributed by atoms with Crippen molar-refractivity contribution in [3.8, 4) is 0 Å². The van der Waals surface area contributed by atoms with Crippen LogP contribution in [0.4, 0.5) is 0 Å². The van der Waals surface area contributed by atoms with E-state index >= 15 is 0 Å². The minimum absolute atomic E-state index is 0.0637. The number of nitrogens with one attached hydrogen (secondary N) is 1. The van der Waals surface area contributed by atoms with Crippen LogP contribution in [-0.4, -0.2) is 20.1 Å². The molecule has 0 fully saturated rings. The highest BCUT2D eigenvalue weighted by Gasteiger charge is 2.34. The number of hydrogen-bond donors (Lipinski definition) is 2. The van der Waals surface area contributed by atoms with Crippen molar-refractivity contribution in [1.82, 2.24) is 4.72 Å². The molecule has 1 aromatic carbocycles. The standard InChI is InChI=1S/C16H14ClNO3S3/c17-13-3-1-4-14(9-13)24(20,21)18-11-16(19,12-6-8-22-10-12)15-5-2-7-23-15/h1-10,18-19H,11H2. The van der Waals surface area contributed by atoms with Crippen LogP contribution in [0, 0.1) is 0 Å². The van der Waals surface area contributed by atoms with Crippen molar-refractivity contribution in [1.29, 1.82) is 0 Å². The third-order valence-corrected chi connectivity index (χ3v) is 6.89. The molecule has 1 unspecified atom stereocenters.